The van der Waals surface area contributed by atoms with Crippen LogP contribution < -0.4 is 5.32 Å². The molecule has 0 atom stereocenters. The van der Waals surface area contributed by atoms with Crippen molar-refractivity contribution in [1.29, 1.82) is 0 Å². The maximum atomic E-state index is 12.8. The molecule has 1 aromatic carbocycles. The first kappa shape index (κ1) is 22.7. The normalized spacial score (nSPS) is 20.1. The molecule has 7 nitrogen and oxygen atoms in total. The average molecular weight is 426 g/mol. The molecule has 7 heteroatoms. The predicted molar refractivity (Wildman–Crippen MR) is 120 cm³/mol. The Bertz CT molecular complexity index is 936. The largest absolute Gasteiger partial charge is 0.501 e. The van der Waals surface area contributed by atoms with Crippen molar-refractivity contribution in [2.75, 3.05) is 34.4 Å². The van der Waals surface area contributed by atoms with Gasteiger partial charge in [0.1, 0.15) is 5.84 Å². The lowest BCUT2D eigenvalue weighted by molar-refractivity contribution is 0.0755. The topological polar surface area (TPSA) is 80.2 Å². The van der Waals surface area contributed by atoms with Gasteiger partial charge in [-0.05, 0) is 62.4 Å². The van der Waals surface area contributed by atoms with Crippen molar-refractivity contribution in [2.45, 2.75) is 33.1 Å². The third-order valence-corrected chi connectivity index (χ3v) is 5.87. The minimum atomic E-state index is -0.248. The van der Waals surface area contributed by atoms with Crippen molar-refractivity contribution in [2.24, 2.45) is 10.9 Å². The maximum absolute atomic E-state index is 12.8. The second-order valence-corrected chi connectivity index (χ2v) is 8.12. The molecule has 0 radical (unpaired) electrons. The van der Waals surface area contributed by atoms with Gasteiger partial charge in [0.05, 0.1) is 18.6 Å². The summed E-state index contributed by atoms with van der Waals surface area (Å²) in [6.45, 7) is 5.56. The Morgan fingerprint density at radius 1 is 1.10 bits per heavy atom. The minimum Gasteiger partial charge on any atom is -0.501 e. The van der Waals surface area contributed by atoms with Crippen LogP contribution in [-0.4, -0.2) is 57.0 Å². The highest BCUT2D eigenvalue weighted by Gasteiger charge is 2.27. The van der Waals surface area contributed by atoms with Crippen molar-refractivity contribution in [3.8, 4) is 0 Å². The number of amidine groups is 1. The van der Waals surface area contributed by atoms with Crippen molar-refractivity contribution in [3.63, 3.8) is 0 Å². The second-order valence-electron chi connectivity index (χ2n) is 8.12. The fourth-order valence-corrected chi connectivity index (χ4v) is 3.86. The number of amides is 2. The summed E-state index contributed by atoms with van der Waals surface area (Å²) in [5, 5.41) is 2.93. The van der Waals surface area contributed by atoms with Crippen LogP contribution >= 0.6 is 0 Å². The monoisotopic (exact) mass is 425 g/mol. The van der Waals surface area contributed by atoms with E-state index < -0.39 is 0 Å². The van der Waals surface area contributed by atoms with Crippen LogP contribution in [0.1, 0.15) is 53.8 Å². The number of hydrogen-bond donors (Lipinski definition) is 1. The van der Waals surface area contributed by atoms with E-state index in [1.165, 1.54) is 10.5 Å². The molecule has 0 aliphatic carbocycles. The number of nitrogens with one attached hydrogen (secondary N) is 1. The molecule has 1 fully saturated rings. The van der Waals surface area contributed by atoms with Gasteiger partial charge in [0.2, 0.25) is 0 Å². The minimum absolute atomic E-state index is 0.102. The molecule has 2 amide bonds. The Balaban J connectivity index is 1.80. The number of carbonyl (C=O) groups is 2. The Hall–Kier alpha value is -2.93. The number of ether oxygens (including phenoxy) is 2. The molecule has 3 rings (SSSR count). The lowest BCUT2D eigenvalue weighted by Gasteiger charge is -2.24. The summed E-state index contributed by atoms with van der Waals surface area (Å²) in [6, 6.07) is 6.63. The van der Waals surface area contributed by atoms with Gasteiger partial charge in [0.25, 0.3) is 11.8 Å². The van der Waals surface area contributed by atoms with E-state index in [2.05, 4.69) is 12.2 Å². The van der Waals surface area contributed by atoms with Crippen molar-refractivity contribution >= 4 is 17.6 Å². The molecular weight excluding hydrogens is 394 g/mol. The zero-order chi connectivity index (χ0) is 22.5. The van der Waals surface area contributed by atoms with Gasteiger partial charge in [0, 0.05) is 50.4 Å². The molecule has 0 aromatic heterocycles. The van der Waals surface area contributed by atoms with Crippen LogP contribution in [0.2, 0.25) is 0 Å². The van der Waals surface area contributed by atoms with Gasteiger partial charge < -0.3 is 19.7 Å². The molecule has 1 aromatic rings. The zero-order valence-electron chi connectivity index (χ0n) is 18.9. The van der Waals surface area contributed by atoms with Crippen LogP contribution in [0.3, 0.4) is 0 Å². The van der Waals surface area contributed by atoms with Gasteiger partial charge in [-0.15, -0.1) is 0 Å². The van der Waals surface area contributed by atoms with Crippen molar-refractivity contribution in [3.05, 3.63) is 58.0 Å². The fraction of sp³-hybridized carbons (Fsp3) is 0.458. The van der Waals surface area contributed by atoms with Crippen LogP contribution in [0.15, 0.2) is 51.9 Å². The zero-order valence-corrected chi connectivity index (χ0v) is 18.9. The highest BCUT2D eigenvalue weighted by atomic mass is 16.5. The number of hydrogen-bond acceptors (Lipinski definition) is 5. The molecule has 2 aliphatic heterocycles. The molecule has 166 valence electrons. The number of carbonyl (C=O) groups excluding carboxylic acids is 2. The summed E-state index contributed by atoms with van der Waals surface area (Å²) in [5.74, 6) is 1.48. The molecule has 2 aliphatic rings. The number of methoxy groups -OCH3 is 1. The van der Waals surface area contributed by atoms with Crippen LogP contribution in [0, 0.1) is 5.92 Å². The third kappa shape index (κ3) is 5.22. The number of allylic oxidation sites excluding steroid dienone is 3. The molecule has 0 unspecified atom stereocenters. The molecule has 31 heavy (non-hydrogen) atoms. The molecular formula is C24H31N3O4. The van der Waals surface area contributed by atoms with Crippen LogP contribution in [0.4, 0.5) is 0 Å². The molecule has 1 N–H and O–H groups in total. The van der Waals surface area contributed by atoms with E-state index in [9.17, 15) is 9.59 Å². The third-order valence-electron chi connectivity index (χ3n) is 5.87. The highest BCUT2D eigenvalue weighted by Crippen LogP contribution is 2.35. The van der Waals surface area contributed by atoms with E-state index in [0.29, 0.717) is 29.3 Å². The van der Waals surface area contributed by atoms with Crippen molar-refractivity contribution < 1.29 is 19.1 Å². The van der Waals surface area contributed by atoms with Crippen LogP contribution in [-0.2, 0) is 9.47 Å². The van der Waals surface area contributed by atoms with Gasteiger partial charge in [-0.25, -0.2) is 4.99 Å². The first-order chi connectivity index (χ1) is 14.8. The number of benzene rings is 1. The SMILES string of the molecule is CO/C(C)=C1\CC(NC(=O)c2ccc(C(=O)N(C)C)cc2)=N\C1=C(\C)C1CCOCC1. The summed E-state index contributed by atoms with van der Waals surface area (Å²) in [7, 11) is 5.04. The van der Waals surface area contributed by atoms with Gasteiger partial charge >= 0.3 is 0 Å². The van der Waals surface area contributed by atoms with Gasteiger partial charge in [-0.1, -0.05) is 0 Å². The van der Waals surface area contributed by atoms with Gasteiger partial charge in [-0.2, -0.15) is 0 Å². The van der Waals surface area contributed by atoms with E-state index in [0.717, 1.165) is 43.1 Å². The van der Waals surface area contributed by atoms with Gasteiger partial charge in [-0.3, -0.25) is 9.59 Å². The summed E-state index contributed by atoms with van der Waals surface area (Å²) in [4.78, 5) is 31.1. The van der Waals surface area contributed by atoms with E-state index >= 15 is 0 Å². The van der Waals surface area contributed by atoms with E-state index in [-0.39, 0.29) is 11.8 Å². The quantitative estimate of drug-likeness (QED) is 0.749. The molecule has 1 saturated heterocycles. The Morgan fingerprint density at radius 2 is 1.71 bits per heavy atom. The first-order valence-corrected chi connectivity index (χ1v) is 10.5. The molecule has 0 bridgehead atoms. The second kappa shape index (κ2) is 9.92. The molecule has 2 heterocycles. The average Bonchev–Trinajstić information content (AvgIpc) is 3.21. The Morgan fingerprint density at radius 3 is 2.29 bits per heavy atom. The van der Waals surface area contributed by atoms with Crippen LogP contribution in [0.25, 0.3) is 0 Å². The van der Waals surface area contributed by atoms with Crippen molar-refractivity contribution in [1.82, 2.24) is 10.2 Å². The van der Waals surface area contributed by atoms with E-state index in [4.69, 9.17) is 14.5 Å². The first-order valence-electron chi connectivity index (χ1n) is 10.5. The number of aliphatic imine (C=N–C) groups is 1. The summed E-state index contributed by atoms with van der Waals surface area (Å²) < 4.78 is 11.0. The van der Waals surface area contributed by atoms with Gasteiger partial charge in [0.15, 0.2) is 0 Å². The fourth-order valence-electron chi connectivity index (χ4n) is 3.86. The molecule has 0 spiro atoms. The summed E-state index contributed by atoms with van der Waals surface area (Å²) in [5.41, 5.74) is 4.15. The Labute approximate surface area is 183 Å². The van der Waals surface area contributed by atoms with Crippen LogP contribution in [0.5, 0.6) is 0 Å². The lowest BCUT2D eigenvalue weighted by atomic mass is 9.89. The molecule has 0 saturated carbocycles. The smallest absolute Gasteiger partial charge is 0.256 e. The maximum Gasteiger partial charge on any atom is 0.256 e. The Kier molecular flexibility index (Phi) is 7.28. The van der Waals surface area contributed by atoms with E-state index in [1.54, 1.807) is 45.5 Å². The lowest BCUT2D eigenvalue weighted by Crippen LogP contribution is -2.29. The predicted octanol–water partition coefficient (Wildman–Crippen LogP) is 3.54. The van der Waals surface area contributed by atoms with E-state index in [1.807, 2.05) is 6.92 Å². The standard InChI is InChI=1S/C24H31N3O4/c1-15(17-10-12-31-13-11-17)22-20(16(2)30-5)14-21(25-22)26-23(28)18-6-8-19(9-7-18)24(29)27(3)4/h6-9,17H,10-14H2,1-5H3,(H,25,26,28)/b20-16+,22-15-. The highest BCUT2D eigenvalue weighted by molar-refractivity contribution is 6.09. The summed E-state index contributed by atoms with van der Waals surface area (Å²) >= 11 is 0. The number of rotatable bonds is 4. The number of nitrogens with zero attached hydrogens (tertiary/aromatic N) is 2. The summed E-state index contributed by atoms with van der Waals surface area (Å²) in [6.07, 6.45) is 2.46.